The highest BCUT2D eigenvalue weighted by molar-refractivity contribution is 5.77. The van der Waals surface area contributed by atoms with Gasteiger partial charge >= 0.3 is 12.1 Å². The van der Waals surface area contributed by atoms with E-state index >= 15 is 0 Å². The van der Waals surface area contributed by atoms with Gasteiger partial charge in [-0.3, -0.25) is 9.59 Å². The van der Waals surface area contributed by atoms with Crippen LogP contribution in [0.1, 0.15) is 19.8 Å². The highest BCUT2D eigenvalue weighted by Gasteiger charge is 2.27. The minimum atomic E-state index is -4.41. The monoisotopic (exact) mass is 271 g/mol. The number of amides is 1. The third kappa shape index (κ3) is 8.80. The fourth-order valence-corrected chi connectivity index (χ4v) is 1.20. The first-order chi connectivity index (χ1) is 8.26. The number of alkyl halides is 3. The Labute approximate surface area is 103 Å². The number of aliphatic carboxylic acids is 1. The van der Waals surface area contributed by atoms with Crippen molar-refractivity contribution in [3.05, 3.63) is 0 Å². The van der Waals surface area contributed by atoms with E-state index in [1.54, 1.807) is 6.92 Å². The van der Waals surface area contributed by atoms with Crippen molar-refractivity contribution in [1.82, 2.24) is 4.90 Å². The third-order valence-electron chi connectivity index (χ3n) is 2.06. The molecule has 0 fully saturated rings. The highest BCUT2D eigenvalue weighted by Crippen LogP contribution is 2.14. The molecule has 0 aromatic carbocycles. The predicted octanol–water partition coefficient (Wildman–Crippen LogP) is 1.28. The molecule has 0 rings (SSSR count). The topological polar surface area (TPSA) is 66.8 Å². The summed E-state index contributed by atoms with van der Waals surface area (Å²) in [5, 5.41) is 8.46. The standard InChI is InChI=1S/C10H16F3NO4/c1-2-14(5-3-9(16)17)8(15)4-6-18-7-10(11,12)13/h2-7H2,1H3,(H,16,17). The summed E-state index contributed by atoms with van der Waals surface area (Å²) in [5.74, 6) is -1.45. The van der Waals surface area contributed by atoms with E-state index in [0.29, 0.717) is 6.54 Å². The van der Waals surface area contributed by atoms with Gasteiger partial charge in [0, 0.05) is 13.1 Å². The Hall–Kier alpha value is -1.31. The van der Waals surface area contributed by atoms with Crippen LogP contribution in [0.15, 0.2) is 0 Å². The van der Waals surface area contributed by atoms with Crippen molar-refractivity contribution in [1.29, 1.82) is 0 Å². The number of carboxylic acid groups (broad SMARTS) is 1. The molecule has 0 radical (unpaired) electrons. The number of carboxylic acids is 1. The maximum Gasteiger partial charge on any atom is 0.411 e. The number of ether oxygens (including phenoxy) is 1. The number of rotatable bonds is 8. The Morgan fingerprint density at radius 2 is 1.89 bits per heavy atom. The van der Waals surface area contributed by atoms with Gasteiger partial charge in [-0.25, -0.2) is 0 Å². The molecule has 106 valence electrons. The van der Waals surface area contributed by atoms with Crippen LogP contribution >= 0.6 is 0 Å². The van der Waals surface area contributed by atoms with Crippen molar-refractivity contribution in [3.63, 3.8) is 0 Å². The maximum absolute atomic E-state index is 11.7. The average molecular weight is 271 g/mol. The maximum atomic E-state index is 11.7. The summed E-state index contributed by atoms with van der Waals surface area (Å²) < 4.78 is 39.5. The summed E-state index contributed by atoms with van der Waals surface area (Å²) in [6, 6.07) is 0. The van der Waals surface area contributed by atoms with Crippen LogP contribution in [0.2, 0.25) is 0 Å². The van der Waals surface area contributed by atoms with Gasteiger partial charge in [0.15, 0.2) is 0 Å². The van der Waals surface area contributed by atoms with Crippen LogP contribution in [0.3, 0.4) is 0 Å². The minimum absolute atomic E-state index is 0.0456. The number of carbonyl (C=O) groups is 2. The van der Waals surface area contributed by atoms with Crippen LogP contribution in [0.5, 0.6) is 0 Å². The largest absolute Gasteiger partial charge is 0.481 e. The van der Waals surface area contributed by atoms with Crippen LogP contribution in [0.25, 0.3) is 0 Å². The Balaban J connectivity index is 3.87. The molecule has 1 N–H and O–H groups in total. The molecule has 1 amide bonds. The molecule has 0 saturated heterocycles. The van der Waals surface area contributed by atoms with E-state index in [4.69, 9.17) is 5.11 Å². The Kier molecular flexibility index (Phi) is 7.33. The Bertz CT molecular complexity index is 281. The summed E-state index contributed by atoms with van der Waals surface area (Å²) >= 11 is 0. The lowest BCUT2D eigenvalue weighted by atomic mass is 10.3. The molecular weight excluding hydrogens is 255 g/mol. The SMILES string of the molecule is CCN(CCC(=O)O)C(=O)CCOCC(F)(F)F. The zero-order chi connectivity index (χ0) is 14.2. The molecule has 0 unspecified atom stereocenters. The van der Waals surface area contributed by atoms with Crippen LogP contribution in [-0.4, -0.2) is 54.4 Å². The quantitative estimate of drug-likeness (QED) is 0.675. The normalized spacial score (nSPS) is 11.3. The highest BCUT2D eigenvalue weighted by atomic mass is 19.4. The number of hydrogen-bond acceptors (Lipinski definition) is 3. The van der Waals surface area contributed by atoms with Gasteiger partial charge in [0.2, 0.25) is 5.91 Å². The molecule has 0 aromatic heterocycles. The van der Waals surface area contributed by atoms with Crippen molar-refractivity contribution >= 4 is 11.9 Å². The zero-order valence-electron chi connectivity index (χ0n) is 10.00. The van der Waals surface area contributed by atoms with E-state index < -0.39 is 24.7 Å². The van der Waals surface area contributed by atoms with Crippen LogP contribution in [-0.2, 0) is 14.3 Å². The van der Waals surface area contributed by atoms with E-state index in [1.165, 1.54) is 4.90 Å². The summed E-state index contributed by atoms with van der Waals surface area (Å²) in [5.41, 5.74) is 0. The second-order valence-electron chi connectivity index (χ2n) is 3.53. The molecule has 0 aliphatic carbocycles. The zero-order valence-corrected chi connectivity index (χ0v) is 10.00. The third-order valence-corrected chi connectivity index (χ3v) is 2.06. The smallest absolute Gasteiger partial charge is 0.411 e. The molecular formula is C10H16F3NO4. The molecule has 18 heavy (non-hydrogen) atoms. The van der Waals surface area contributed by atoms with E-state index in [9.17, 15) is 22.8 Å². The fraction of sp³-hybridized carbons (Fsp3) is 0.800. The first kappa shape index (κ1) is 16.7. The van der Waals surface area contributed by atoms with Crippen molar-refractivity contribution < 1.29 is 32.6 Å². The van der Waals surface area contributed by atoms with Crippen LogP contribution < -0.4 is 0 Å². The lowest BCUT2D eigenvalue weighted by Crippen LogP contribution is -2.33. The molecule has 0 atom stereocenters. The lowest BCUT2D eigenvalue weighted by Gasteiger charge is -2.20. The molecule has 0 heterocycles. The van der Waals surface area contributed by atoms with Crippen molar-refractivity contribution in [2.45, 2.75) is 25.9 Å². The van der Waals surface area contributed by atoms with Gasteiger partial charge in [0.25, 0.3) is 0 Å². The van der Waals surface area contributed by atoms with Crippen molar-refractivity contribution in [2.75, 3.05) is 26.3 Å². The van der Waals surface area contributed by atoms with Gasteiger partial charge in [-0.2, -0.15) is 13.2 Å². The second-order valence-corrected chi connectivity index (χ2v) is 3.53. The lowest BCUT2D eigenvalue weighted by molar-refractivity contribution is -0.175. The number of nitrogens with zero attached hydrogens (tertiary/aromatic N) is 1. The number of halogens is 3. The van der Waals surface area contributed by atoms with Crippen molar-refractivity contribution in [3.8, 4) is 0 Å². The molecule has 0 aliphatic rings. The summed E-state index contributed by atoms with van der Waals surface area (Å²) in [6.07, 6.45) is -4.79. The first-order valence-electron chi connectivity index (χ1n) is 5.40. The van der Waals surface area contributed by atoms with E-state index in [0.717, 1.165) is 0 Å². The van der Waals surface area contributed by atoms with E-state index in [2.05, 4.69) is 4.74 Å². The fourth-order valence-electron chi connectivity index (χ4n) is 1.20. The molecule has 5 nitrogen and oxygen atoms in total. The predicted molar refractivity (Wildman–Crippen MR) is 56.0 cm³/mol. The van der Waals surface area contributed by atoms with E-state index in [1.807, 2.05) is 0 Å². The Morgan fingerprint density at radius 1 is 1.28 bits per heavy atom. The molecule has 0 aliphatic heterocycles. The van der Waals surface area contributed by atoms with Gasteiger partial charge in [0.1, 0.15) is 6.61 Å². The Morgan fingerprint density at radius 3 is 2.33 bits per heavy atom. The first-order valence-corrected chi connectivity index (χ1v) is 5.40. The molecule has 8 heteroatoms. The molecule has 0 aromatic rings. The summed E-state index contributed by atoms with van der Waals surface area (Å²) in [6.45, 7) is 0.301. The van der Waals surface area contributed by atoms with Crippen molar-refractivity contribution in [2.24, 2.45) is 0 Å². The molecule has 0 bridgehead atoms. The van der Waals surface area contributed by atoms with E-state index in [-0.39, 0.29) is 26.0 Å². The number of carbonyl (C=O) groups excluding carboxylic acids is 1. The summed E-state index contributed by atoms with van der Waals surface area (Å²) in [4.78, 5) is 23.1. The number of hydrogen-bond donors (Lipinski definition) is 1. The average Bonchev–Trinajstić information content (AvgIpc) is 2.23. The van der Waals surface area contributed by atoms with Gasteiger partial charge in [-0.1, -0.05) is 0 Å². The van der Waals surface area contributed by atoms with Gasteiger partial charge in [-0.15, -0.1) is 0 Å². The molecule has 0 saturated carbocycles. The van der Waals surface area contributed by atoms with Crippen LogP contribution in [0, 0.1) is 0 Å². The molecule has 0 spiro atoms. The minimum Gasteiger partial charge on any atom is -0.481 e. The van der Waals surface area contributed by atoms with Crippen LogP contribution in [0.4, 0.5) is 13.2 Å². The second kappa shape index (κ2) is 7.91. The summed E-state index contributed by atoms with van der Waals surface area (Å²) in [7, 11) is 0. The van der Waals surface area contributed by atoms with Gasteiger partial charge in [-0.05, 0) is 6.92 Å². The van der Waals surface area contributed by atoms with Gasteiger partial charge in [0.05, 0.1) is 19.4 Å². The van der Waals surface area contributed by atoms with Gasteiger partial charge < -0.3 is 14.7 Å².